The van der Waals surface area contributed by atoms with Crippen LogP contribution < -0.4 is 10.5 Å². The van der Waals surface area contributed by atoms with Crippen LogP contribution in [0, 0.1) is 0 Å². The monoisotopic (exact) mass is 254 g/mol. The molecule has 0 bridgehead atoms. The molecule has 0 aliphatic heterocycles. The summed E-state index contributed by atoms with van der Waals surface area (Å²) >= 11 is 0. The Kier molecular flexibility index (Phi) is 5.91. The largest absolute Gasteiger partial charge is 0.495 e. The Morgan fingerprint density at radius 2 is 2.11 bits per heavy atom. The number of nitrogen functional groups attached to an aromatic ring is 1. The standard InChI is InChI=1S/C13H22N2O3/c1-15(7-8-16)6-5-12(17)10-3-4-13(18-2)11(14)9-10/h3-4,9,12,16-17H,5-8,14H2,1-2H3. The number of hydrogen-bond acceptors (Lipinski definition) is 5. The second kappa shape index (κ2) is 7.20. The van der Waals surface area contributed by atoms with Crippen LogP contribution in [0.1, 0.15) is 18.1 Å². The first kappa shape index (κ1) is 14.8. The Labute approximate surface area is 108 Å². The summed E-state index contributed by atoms with van der Waals surface area (Å²) in [6.07, 6.45) is 0.0433. The van der Waals surface area contributed by atoms with Gasteiger partial charge in [-0.3, -0.25) is 0 Å². The van der Waals surface area contributed by atoms with Gasteiger partial charge in [0.15, 0.2) is 0 Å². The second-order valence-corrected chi connectivity index (χ2v) is 4.33. The maximum absolute atomic E-state index is 10.0. The summed E-state index contributed by atoms with van der Waals surface area (Å²) in [4.78, 5) is 1.97. The van der Waals surface area contributed by atoms with Gasteiger partial charge in [-0.25, -0.2) is 0 Å². The topological polar surface area (TPSA) is 79.0 Å². The lowest BCUT2D eigenvalue weighted by Gasteiger charge is -2.18. The molecule has 0 saturated heterocycles. The van der Waals surface area contributed by atoms with E-state index < -0.39 is 6.10 Å². The molecule has 0 aromatic heterocycles. The quantitative estimate of drug-likeness (QED) is 0.622. The van der Waals surface area contributed by atoms with Crippen LogP contribution in [0.4, 0.5) is 5.69 Å². The van der Waals surface area contributed by atoms with Crippen LogP contribution in [0.2, 0.25) is 0 Å². The molecule has 1 unspecified atom stereocenters. The summed E-state index contributed by atoms with van der Waals surface area (Å²) in [7, 11) is 3.47. The number of aliphatic hydroxyl groups excluding tert-OH is 2. The van der Waals surface area contributed by atoms with Crippen LogP contribution in [0.15, 0.2) is 18.2 Å². The minimum Gasteiger partial charge on any atom is -0.495 e. The number of ether oxygens (including phenoxy) is 1. The van der Waals surface area contributed by atoms with Gasteiger partial charge < -0.3 is 25.6 Å². The Bertz CT molecular complexity index is 371. The number of hydrogen-bond donors (Lipinski definition) is 3. The van der Waals surface area contributed by atoms with Gasteiger partial charge in [0.25, 0.3) is 0 Å². The molecule has 0 heterocycles. The number of anilines is 1. The van der Waals surface area contributed by atoms with E-state index in [1.165, 1.54) is 0 Å². The highest BCUT2D eigenvalue weighted by Crippen LogP contribution is 2.26. The van der Waals surface area contributed by atoms with Crippen molar-refractivity contribution in [2.45, 2.75) is 12.5 Å². The molecule has 1 atom stereocenters. The van der Waals surface area contributed by atoms with E-state index >= 15 is 0 Å². The van der Waals surface area contributed by atoms with Crippen molar-refractivity contribution < 1.29 is 14.9 Å². The van der Waals surface area contributed by atoms with Gasteiger partial charge in [-0.2, -0.15) is 0 Å². The summed E-state index contributed by atoms with van der Waals surface area (Å²) in [5.41, 5.74) is 7.10. The SMILES string of the molecule is COc1ccc(C(O)CCN(C)CCO)cc1N. The third kappa shape index (κ3) is 4.18. The molecule has 102 valence electrons. The maximum Gasteiger partial charge on any atom is 0.141 e. The van der Waals surface area contributed by atoms with Crippen molar-refractivity contribution in [2.75, 3.05) is 39.6 Å². The summed E-state index contributed by atoms with van der Waals surface area (Å²) in [5.74, 6) is 0.614. The molecule has 1 aromatic rings. The van der Waals surface area contributed by atoms with Crippen molar-refractivity contribution in [3.05, 3.63) is 23.8 Å². The van der Waals surface area contributed by atoms with Gasteiger partial charge in [-0.15, -0.1) is 0 Å². The number of benzene rings is 1. The summed E-state index contributed by atoms with van der Waals surface area (Å²) in [5, 5.41) is 18.8. The first-order chi connectivity index (χ1) is 8.58. The average molecular weight is 254 g/mol. The molecule has 0 fully saturated rings. The van der Waals surface area contributed by atoms with Crippen LogP contribution in [0.5, 0.6) is 5.75 Å². The maximum atomic E-state index is 10.0. The Balaban J connectivity index is 2.56. The minimum absolute atomic E-state index is 0.127. The fraction of sp³-hybridized carbons (Fsp3) is 0.538. The van der Waals surface area contributed by atoms with Crippen molar-refractivity contribution in [1.82, 2.24) is 4.90 Å². The summed E-state index contributed by atoms with van der Waals surface area (Å²) in [6.45, 7) is 1.45. The van der Waals surface area contributed by atoms with E-state index in [9.17, 15) is 5.11 Å². The molecule has 5 heteroatoms. The molecule has 0 aliphatic rings. The van der Waals surface area contributed by atoms with Crippen molar-refractivity contribution in [2.24, 2.45) is 0 Å². The zero-order chi connectivity index (χ0) is 13.5. The van der Waals surface area contributed by atoms with Crippen LogP contribution >= 0.6 is 0 Å². The van der Waals surface area contributed by atoms with Crippen molar-refractivity contribution in [1.29, 1.82) is 0 Å². The zero-order valence-corrected chi connectivity index (χ0v) is 11.0. The molecule has 4 N–H and O–H groups in total. The van der Waals surface area contributed by atoms with E-state index in [1.54, 1.807) is 19.2 Å². The number of methoxy groups -OCH3 is 1. The number of nitrogens with two attached hydrogens (primary N) is 1. The van der Waals surface area contributed by atoms with Crippen LogP contribution in [0.25, 0.3) is 0 Å². The lowest BCUT2D eigenvalue weighted by atomic mass is 10.1. The van der Waals surface area contributed by atoms with Crippen LogP contribution in [0.3, 0.4) is 0 Å². The van der Waals surface area contributed by atoms with Gasteiger partial charge in [0, 0.05) is 13.1 Å². The first-order valence-corrected chi connectivity index (χ1v) is 5.99. The summed E-state index contributed by atoms with van der Waals surface area (Å²) < 4.78 is 5.07. The fourth-order valence-corrected chi connectivity index (χ4v) is 1.75. The molecule has 0 radical (unpaired) electrons. The number of aliphatic hydroxyl groups is 2. The number of nitrogens with zero attached hydrogens (tertiary/aromatic N) is 1. The predicted molar refractivity (Wildman–Crippen MR) is 71.6 cm³/mol. The van der Waals surface area contributed by atoms with E-state index in [1.807, 2.05) is 18.0 Å². The predicted octanol–water partition coefficient (Wildman–Crippen LogP) is 0.625. The molecule has 0 spiro atoms. The molecule has 18 heavy (non-hydrogen) atoms. The lowest BCUT2D eigenvalue weighted by molar-refractivity contribution is 0.141. The van der Waals surface area contributed by atoms with E-state index in [4.69, 9.17) is 15.6 Å². The van der Waals surface area contributed by atoms with Gasteiger partial charge in [-0.1, -0.05) is 6.07 Å². The Hall–Kier alpha value is -1.30. The van der Waals surface area contributed by atoms with E-state index in [-0.39, 0.29) is 6.61 Å². The third-order valence-electron chi connectivity index (χ3n) is 2.90. The second-order valence-electron chi connectivity index (χ2n) is 4.33. The average Bonchev–Trinajstić information content (AvgIpc) is 2.36. The molecular formula is C13H22N2O3. The molecule has 1 aromatic carbocycles. The normalized spacial score (nSPS) is 12.7. The van der Waals surface area contributed by atoms with Crippen LogP contribution in [-0.4, -0.2) is 49.0 Å². The molecular weight excluding hydrogens is 232 g/mol. The highest BCUT2D eigenvalue weighted by molar-refractivity contribution is 5.54. The zero-order valence-electron chi connectivity index (χ0n) is 11.0. The Morgan fingerprint density at radius 3 is 2.67 bits per heavy atom. The lowest BCUT2D eigenvalue weighted by Crippen LogP contribution is -2.24. The smallest absolute Gasteiger partial charge is 0.141 e. The molecule has 0 aliphatic carbocycles. The van der Waals surface area contributed by atoms with Crippen molar-refractivity contribution in [3.8, 4) is 5.75 Å². The number of likely N-dealkylation sites (N-methyl/N-ethyl adjacent to an activating group) is 1. The summed E-state index contributed by atoms with van der Waals surface area (Å²) in [6, 6.07) is 5.30. The Morgan fingerprint density at radius 1 is 1.39 bits per heavy atom. The highest BCUT2D eigenvalue weighted by Gasteiger charge is 2.10. The molecule has 0 saturated carbocycles. The molecule has 1 rings (SSSR count). The van der Waals surface area contributed by atoms with Crippen molar-refractivity contribution in [3.63, 3.8) is 0 Å². The van der Waals surface area contributed by atoms with E-state index in [0.717, 1.165) is 5.56 Å². The van der Waals surface area contributed by atoms with Gasteiger partial charge in [0.1, 0.15) is 5.75 Å². The van der Waals surface area contributed by atoms with Gasteiger partial charge in [-0.05, 0) is 31.2 Å². The number of rotatable bonds is 7. The third-order valence-corrected chi connectivity index (χ3v) is 2.90. The van der Waals surface area contributed by atoms with Gasteiger partial charge in [0.05, 0.1) is 25.5 Å². The van der Waals surface area contributed by atoms with Crippen molar-refractivity contribution >= 4 is 5.69 Å². The first-order valence-electron chi connectivity index (χ1n) is 5.99. The highest BCUT2D eigenvalue weighted by atomic mass is 16.5. The molecule has 5 nitrogen and oxygen atoms in total. The minimum atomic E-state index is -0.556. The van der Waals surface area contributed by atoms with Gasteiger partial charge >= 0.3 is 0 Å². The molecule has 0 amide bonds. The van der Waals surface area contributed by atoms with Gasteiger partial charge in [0.2, 0.25) is 0 Å². The fourth-order valence-electron chi connectivity index (χ4n) is 1.75. The van der Waals surface area contributed by atoms with Crippen LogP contribution in [-0.2, 0) is 0 Å². The van der Waals surface area contributed by atoms with E-state index in [0.29, 0.717) is 30.9 Å². The van der Waals surface area contributed by atoms with E-state index in [2.05, 4.69) is 0 Å².